The maximum absolute atomic E-state index is 2.91. The highest BCUT2D eigenvalue weighted by Gasteiger charge is 2.43. The van der Waals surface area contributed by atoms with Crippen molar-refractivity contribution in [3.63, 3.8) is 0 Å². The first-order valence-electron chi connectivity index (χ1n) is 21.8. The van der Waals surface area contributed by atoms with Crippen LogP contribution in [0.5, 0.6) is 0 Å². The van der Waals surface area contributed by atoms with Crippen molar-refractivity contribution in [2.75, 3.05) is 0 Å². The summed E-state index contributed by atoms with van der Waals surface area (Å²) in [6.45, 7) is 0. The van der Waals surface area contributed by atoms with Crippen LogP contribution >= 0.6 is 0 Å². The number of para-hydroxylation sites is 1. The van der Waals surface area contributed by atoms with Crippen molar-refractivity contribution in [1.82, 2.24) is 9.13 Å². The summed E-state index contributed by atoms with van der Waals surface area (Å²) < 4.78 is 4.97. The van der Waals surface area contributed by atoms with Gasteiger partial charge in [-0.15, -0.1) is 0 Å². The summed E-state index contributed by atoms with van der Waals surface area (Å²) in [5, 5.41) is 10.5. The maximum atomic E-state index is 2.53. The molecule has 0 fully saturated rings. The van der Waals surface area contributed by atoms with Gasteiger partial charge in [0.05, 0.1) is 22.1 Å². The number of hydrogen-bond acceptors (Lipinski definition) is 0. The molecule has 0 aliphatic carbocycles. The summed E-state index contributed by atoms with van der Waals surface area (Å²) in [6.07, 6.45) is 0. The summed E-state index contributed by atoms with van der Waals surface area (Å²) in [6, 6.07) is 94.3. The lowest BCUT2D eigenvalue weighted by Gasteiger charge is -2.35. The molecule has 2 nitrogen and oxygen atoms in total. The Bertz CT molecular complexity index is 3480. The summed E-state index contributed by atoms with van der Waals surface area (Å²) in [7, 11) is -2.91. The van der Waals surface area contributed by atoms with Crippen molar-refractivity contribution in [3.8, 4) is 33.6 Å². The van der Waals surface area contributed by atoms with Gasteiger partial charge in [-0.25, -0.2) is 0 Å². The molecule has 0 radical (unpaired) electrons. The molecule has 3 heteroatoms. The SMILES string of the molecule is c1ccc(-c2ccc(-n3c4ccccc4c4ccc(-n5c6cc(-c7ccccc7)ccc6c6c([Si](c7ccccc7)(c7ccccc7)c7ccccc7)cccc65)cc43)cc2)cc1. The van der Waals surface area contributed by atoms with Gasteiger partial charge in [0.25, 0.3) is 0 Å². The van der Waals surface area contributed by atoms with E-state index in [4.69, 9.17) is 0 Å². The van der Waals surface area contributed by atoms with Gasteiger partial charge in [-0.05, 0) is 85.5 Å². The van der Waals surface area contributed by atoms with Gasteiger partial charge in [0.2, 0.25) is 0 Å². The van der Waals surface area contributed by atoms with E-state index in [9.17, 15) is 0 Å². The predicted octanol–water partition coefficient (Wildman–Crippen LogP) is 12.6. The van der Waals surface area contributed by atoms with Crippen LogP contribution in [0.4, 0.5) is 0 Å². The van der Waals surface area contributed by atoms with Crippen molar-refractivity contribution in [3.05, 3.63) is 255 Å². The van der Waals surface area contributed by atoms with E-state index < -0.39 is 8.07 Å². The molecule has 0 atom stereocenters. The summed E-state index contributed by atoms with van der Waals surface area (Å²) in [5.74, 6) is 0. The number of benzene rings is 10. The van der Waals surface area contributed by atoms with E-state index in [0.29, 0.717) is 0 Å². The third-order valence-corrected chi connectivity index (χ3v) is 17.9. The second-order valence-corrected chi connectivity index (χ2v) is 20.2. The average molecular weight is 819 g/mol. The Morgan fingerprint density at radius 3 is 1.30 bits per heavy atom. The van der Waals surface area contributed by atoms with Crippen molar-refractivity contribution >= 4 is 72.4 Å². The molecule has 0 saturated carbocycles. The van der Waals surface area contributed by atoms with E-state index in [-0.39, 0.29) is 0 Å². The average Bonchev–Trinajstić information content (AvgIpc) is 3.88. The summed E-state index contributed by atoms with van der Waals surface area (Å²) in [5.41, 5.74) is 11.8. The molecule has 12 aromatic rings. The molecule has 296 valence electrons. The largest absolute Gasteiger partial charge is 0.309 e. The fourth-order valence-corrected chi connectivity index (χ4v) is 15.3. The van der Waals surface area contributed by atoms with Crippen LogP contribution in [0.2, 0.25) is 0 Å². The third-order valence-electron chi connectivity index (χ3n) is 13.1. The van der Waals surface area contributed by atoms with Gasteiger partial charge < -0.3 is 9.13 Å². The molecule has 2 heterocycles. The second-order valence-electron chi connectivity index (χ2n) is 16.4. The number of rotatable bonds is 8. The maximum Gasteiger partial charge on any atom is 0.180 e. The molecule has 0 bridgehead atoms. The van der Waals surface area contributed by atoms with Gasteiger partial charge in [0, 0.05) is 32.9 Å². The smallest absolute Gasteiger partial charge is 0.180 e. The van der Waals surface area contributed by atoms with E-state index in [1.807, 2.05) is 0 Å². The van der Waals surface area contributed by atoms with Crippen LogP contribution in [-0.4, -0.2) is 17.2 Å². The second kappa shape index (κ2) is 15.2. The van der Waals surface area contributed by atoms with Crippen molar-refractivity contribution in [1.29, 1.82) is 0 Å². The van der Waals surface area contributed by atoms with Gasteiger partial charge in [-0.3, -0.25) is 0 Å². The van der Waals surface area contributed by atoms with E-state index in [2.05, 4.69) is 264 Å². The third kappa shape index (κ3) is 5.93. The van der Waals surface area contributed by atoms with Gasteiger partial charge in [-0.2, -0.15) is 0 Å². The van der Waals surface area contributed by atoms with Crippen LogP contribution in [0.15, 0.2) is 255 Å². The molecule has 12 rings (SSSR count). The first kappa shape index (κ1) is 36.8. The minimum atomic E-state index is -2.91. The minimum absolute atomic E-state index is 1.13. The Morgan fingerprint density at radius 1 is 0.254 bits per heavy atom. The molecular weight excluding hydrogens is 777 g/mol. The highest BCUT2D eigenvalue weighted by Crippen LogP contribution is 2.39. The summed E-state index contributed by atoms with van der Waals surface area (Å²) >= 11 is 0. The Balaban J connectivity index is 1.17. The normalized spacial score (nSPS) is 11.8. The minimum Gasteiger partial charge on any atom is -0.309 e. The fraction of sp³-hybridized carbons (Fsp3) is 0. The first-order valence-corrected chi connectivity index (χ1v) is 23.8. The fourth-order valence-electron chi connectivity index (χ4n) is 10.3. The Labute approximate surface area is 368 Å². The molecule has 0 unspecified atom stereocenters. The molecule has 0 spiro atoms. The van der Waals surface area contributed by atoms with Crippen molar-refractivity contribution in [2.24, 2.45) is 0 Å². The molecule has 0 aliphatic heterocycles. The van der Waals surface area contributed by atoms with Gasteiger partial charge in [0.1, 0.15) is 0 Å². The van der Waals surface area contributed by atoms with Crippen LogP contribution in [0.1, 0.15) is 0 Å². The Hall–Kier alpha value is -7.98. The van der Waals surface area contributed by atoms with Crippen LogP contribution in [-0.2, 0) is 0 Å². The van der Waals surface area contributed by atoms with Crippen molar-refractivity contribution < 1.29 is 0 Å². The van der Waals surface area contributed by atoms with Gasteiger partial charge in [0.15, 0.2) is 8.07 Å². The van der Waals surface area contributed by atoms with E-state index in [1.165, 1.54) is 86.6 Å². The van der Waals surface area contributed by atoms with Crippen LogP contribution in [0, 0.1) is 0 Å². The topological polar surface area (TPSA) is 9.86 Å². The Kier molecular flexibility index (Phi) is 8.87. The number of hydrogen-bond donors (Lipinski definition) is 0. The standard InChI is InChI=1S/C60H42N2Si/c1-6-19-43(20-7-1)45-33-36-47(37-34-45)61-55-30-17-16-29-52(55)53-40-38-48(42-58(53)61)62-56-31-18-32-59(60(56)54-39-35-46(41-57(54)62)44-21-8-2-9-22-44)63(49-23-10-3-11-24-49,50-25-12-4-13-26-50)51-27-14-5-15-28-51/h1-42H. The first-order chi connectivity index (χ1) is 31.3. The Morgan fingerprint density at radius 2 is 0.683 bits per heavy atom. The molecule has 0 aliphatic rings. The molecular formula is C60H42N2Si. The van der Waals surface area contributed by atoms with Gasteiger partial charge in [-0.1, -0.05) is 212 Å². The van der Waals surface area contributed by atoms with Crippen LogP contribution in [0.25, 0.3) is 77.2 Å². The molecule has 0 saturated heterocycles. The van der Waals surface area contributed by atoms with Gasteiger partial charge >= 0.3 is 0 Å². The monoisotopic (exact) mass is 818 g/mol. The van der Waals surface area contributed by atoms with E-state index >= 15 is 0 Å². The lowest BCUT2D eigenvalue weighted by Crippen LogP contribution is -2.74. The zero-order valence-corrected chi connectivity index (χ0v) is 35.6. The zero-order chi connectivity index (χ0) is 41.7. The number of aromatic nitrogens is 2. The molecule has 2 aromatic heterocycles. The summed E-state index contributed by atoms with van der Waals surface area (Å²) in [4.78, 5) is 0. The zero-order valence-electron chi connectivity index (χ0n) is 34.6. The highest BCUT2D eigenvalue weighted by molar-refractivity contribution is 7.20. The number of nitrogens with zero attached hydrogens (tertiary/aromatic N) is 2. The van der Waals surface area contributed by atoms with Crippen LogP contribution in [0.3, 0.4) is 0 Å². The molecule has 0 amide bonds. The lowest BCUT2D eigenvalue weighted by molar-refractivity contribution is 1.15. The van der Waals surface area contributed by atoms with Crippen molar-refractivity contribution in [2.45, 2.75) is 0 Å². The van der Waals surface area contributed by atoms with E-state index in [0.717, 1.165) is 11.4 Å². The van der Waals surface area contributed by atoms with E-state index in [1.54, 1.807) is 0 Å². The molecule has 0 N–H and O–H groups in total. The van der Waals surface area contributed by atoms with Crippen LogP contribution < -0.4 is 20.7 Å². The predicted molar refractivity (Wildman–Crippen MR) is 270 cm³/mol. The quantitative estimate of drug-likeness (QED) is 0.107. The highest BCUT2D eigenvalue weighted by atomic mass is 28.3. The number of fused-ring (bicyclic) bond motifs is 6. The molecule has 10 aromatic carbocycles. The lowest BCUT2D eigenvalue weighted by atomic mass is 10.0. The molecule has 63 heavy (non-hydrogen) atoms.